The van der Waals surface area contributed by atoms with Gasteiger partial charge in [-0.1, -0.05) is 23.7 Å². The Morgan fingerprint density at radius 3 is 2.91 bits per heavy atom. The van der Waals surface area contributed by atoms with Crippen LogP contribution in [0, 0.1) is 19.7 Å². The summed E-state index contributed by atoms with van der Waals surface area (Å²) in [7, 11) is 0. The third kappa shape index (κ3) is 4.52. The van der Waals surface area contributed by atoms with Gasteiger partial charge in [0.25, 0.3) is 5.91 Å². The number of aliphatic hydroxyl groups excluding tert-OH is 1. The lowest BCUT2D eigenvalue weighted by molar-refractivity contribution is -0.0802. The molecule has 1 amide bonds. The zero-order valence-corrected chi connectivity index (χ0v) is 19.1. The Kier molecular flexibility index (Phi) is 6.55. The van der Waals surface area contributed by atoms with Crippen LogP contribution in [0.2, 0.25) is 5.02 Å². The highest BCUT2D eigenvalue weighted by molar-refractivity contribution is 6.30. The van der Waals surface area contributed by atoms with E-state index in [-0.39, 0.29) is 47.4 Å². The molecule has 0 aliphatic carbocycles. The summed E-state index contributed by atoms with van der Waals surface area (Å²) in [5, 5.41) is 16.9. The van der Waals surface area contributed by atoms with Crippen molar-refractivity contribution in [3.63, 3.8) is 0 Å². The van der Waals surface area contributed by atoms with Crippen molar-refractivity contribution in [2.24, 2.45) is 0 Å². The molecule has 0 radical (unpaired) electrons. The topological polar surface area (TPSA) is 106 Å². The molecule has 1 aromatic heterocycles. The molecule has 1 atom stereocenters. The second-order valence-electron chi connectivity index (χ2n) is 7.91. The number of carbonyl (C=O) groups excluding carboxylic acids is 1. The number of anilines is 2. The van der Waals surface area contributed by atoms with Crippen LogP contribution in [0.1, 0.15) is 33.5 Å². The van der Waals surface area contributed by atoms with E-state index >= 15 is 0 Å². The van der Waals surface area contributed by atoms with Crippen LogP contribution in [0.3, 0.4) is 0 Å². The number of nitrogens with two attached hydrogens (primary N) is 1. The first-order chi connectivity index (χ1) is 15.8. The number of aliphatic hydroxyl groups is 1. The number of aryl methyl sites for hydroxylation is 1. The number of halogens is 2. The van der Waals surface area contributed by atoms with Crippen LogP contribution < -0.4 is 11.1 Å². The van der Waals surface area contributed by atoms with E-state index in [1.165, 1.54) is 27.9 Å². The predicted molar refractivity (Wildman–Crippen MR) is 124 cm³/mol. The number of hydrogen-bond donors (Lipinski definition) is 3. The lowest BCUT2D eigenvalue weighted by Crippen LogP contribution is -2.35. The molecule has 1 unspecified atom stereocenters. The van der Waals surface area contributed by atoms with Crippen LogP contribution in [-0.2, 0) is 11.3 Å². The zero-order chi connectivity index (χ0) is 23.7. The Bertz CT molecular complexity index is 1200. The summed E-state index contributed by atoms with van der Waals surface area (Å²) < 4.78 is 21.7. The first-order valence-corrected chi connectivity index (χ1v) is 10.9. The normalized spacial score (nSPS) is 16.8. The molecular formula is C23H25ClFN5O3. The predicted octanol–water partition coefficient (Wildman–Crippen LogP) is 3.61. The fourth-order valence-corrected chi connectivity index (χ4v) is 3.98. The molecule has 0 spiro atoms. The van der Waals surface area contributed by atoms with Gasteiger partial charge in [-0.05, 0) is 49.6 Å². The molecule has 3 aromatic rings. The number of hydrogen-bond acceptors (Lipinski definition) is 6. The van der Waals surface area contributed by atoms with Crippen molar-refractivity contribution >= 4 is 29.0 Å². The van der Waals surface area contributed by atoms with Crippen molar-refractivity contribution < 1.29 is 19.0 Å². The number of nitrogen functional groups attached to an aromatic ring is 1. The molecule has 10 heteroatoms. The average Bonchev–Trinajstić information content (AvgIpc) is 3.17. The summed E-state index contributed by atoms with van der Waals surface area (Å²) in [6.07, 6.45) is 0.539. The second kappa shape index (κ2) is 9.38. The molecule has 0 saturated heterocycles. The molecule has 2 heterocycles. The van der Waals surface area contributed by atoms with Crippen LogP contribution >= 0.6 is 11.6 Å². The van der Waals surface area contributed by atoms with Gasteiger partial charge in [-0.2, -0.15) is 5.10 Å². The summed E-state index contributed by atoms with van der Waals surface area (Å²) in [5.74, 6) is -0.871. The van der Waals surface area contributed by atoms with E-state index in [1.807, 2.05) is 32.0 Å². The molecule has 0 bridgehead atoms. The van der Waals surface area contributed by atoms with Gasteiger partial charge < -0.3 is 25.8 Å². The highest BCUT2D eigenvalue weighted by Gasteiger charge is 2.26. The minimum Gasteiger partial charge on any atom is -0.383 e. The van der Waals surface area contributed by atoms with E-state index in [9.17, 15) is 14.3 Å². The number of amides is 1. The molecule has 4 N–H and O–H groups in total. The van der Waals surface area contributed by atoms with Gasteiger partial charge in [0.15, 0.2) is 0 Å². The van der Waals surface area contributed by atoms with Crippen molar-refractivity contribution in [1.82, 2.24) is 14.7 Å². The minimum absolute atomic E-state index is 0.0750. The maximum atomic E-state index is 14.9. The van der Waals surface area contributed by atoms with Crippen LogP contribution in [0.25, 0.3) is 5.69 Å². The third-order valence-electron chi connectivity index (χ3n) is 5.80. The van der Waals surface area contributed by atoms with Gasteiger partial charge in [0.2, 0.25) is 6.41 Å². The van der Waals surface area contributed by atoms with Crippen molar-refractivity contribution in [2.75, 3.05) is 24.2 Å². The van der Waals surface area contributed by atoms with E-state index in [0.717, 1.165) is 16.8 Å². The Morgan fingerprint density at radius 1 is 1.33 bits per heavy atom. The summed E-state index contributed by atoms with van der Waals surface area (Å²) >= 11 is 5.98. The summed E-state index contributed by atoms with van der Waals surface area (Å²) in [6, 6.07) is 8.67. The SMILES string of the molecule is Cc1cccc(-n2ncc(C(=O)N3CCCOC(O)Nc4ccc(Cl)c(F)c4C3)c2N)c1C. The number of rotatable bonds is 2. The van der Waals surface area contributed by atoms with Crippen LogP contribution in [-0.4, -0.2) is 45.3 Å². The highest BCUT2D eigenvalue weighted by atomic mass is 35.5. The fraction of sp³-hybridized carbons (Fsp3) is 0.304. The number of ether oxygens (including phenoxy) is 1. The molecule has 33 heavy (non-hydrogen) atoms. The van der Waals surface area contributed by atoms with Crippen LogP contribution in [0.5, 0.6) is 0 Å². The van der Waals surface area contributed by atoms with E-state index in [4.69, 9.17) is 22.1 Å². The average molecular weight is 474 g/mol. The first kappa shape index (κ1) is 23.0. The second-order valence-corrected chi connectivity index (χ2v) is 8.32. The number of carbonyl (C=O) groups is 1. The maximum Gasteiger partial charge on any atom is 0.259 e. The largest absolute Gasteiger partial charge is 0.383 e. The molecule has 0 fully saturated rings. The van der Waals surface area contributed by atoms with Gasteiger partial charge >= 0.3 is 0 Å². The van der Waals surface area contributed by atoms with Crippen molar-refractivity contribution in [3.05, 3.63) is 69.6 Å². The number of nitrogens with one attached hydrogen (secondary N) is 1. The zero-order valence-electron chi connectivity index (χ0n) is 18.3. The molecule has 1 aliphatic heterocycles. The monoisotopic (exact) mass is 473 g/mol. The summed E-state index contributed by atoms with van der Waals surface area (Å²) in [5.41, 5.74) is 9.83. The third-order valence-corrected chi connectivity index (χ3v) is 6.09. The Labute approximate surface area is 195 Å². The molecular weight excluding hydrogens is 449 g/mol. The quantitative estimate of drug-likeness (QED) is 0.525. The van der Waals surface area contributed by atoms with Gasteiger partial charge in [-0.25, -0.2) is 9.07 Å². The number of aromatic nitrogens is 2. The molecule has 0 saturated carbocycles. The van der Waals surface area contributed by atoms with Gasteiger partial charge in [0.05, 0.1) is 30.1 Å². The standard InChI is InChI=1S/C23H25ClFN5O3/c1-13-5-3-6-19(14(13)2)30-21(26)15(11-27-30)22(31)29-9-4-10-33-23(32)28-18-8-7-17(24)20(25)16(18)12-29/h3,5-8,11,23,28,32H,4,9-10,12,26H2,1-2H3. The van der Waals surface area contributed by atoms with Gasteiger partial charge in [0, 0.05) is 17.8 Å². The lowest BCUT2D eigenvalue weighted by Gasteiger charge is -2.27. The van der Waals surface area contributed by atoms with Gasteiger partial charge in [-0.15, -0.1) is 0 Å². The molecule has 8 nitrogen and oxygen atoms in total. The van der Waals surface area contributed by atoms with E-state index in [0.29, 0.717) is 6.42 Å². The van der Waals surface area contributed by atoms with Crippen LogP contribution in [0.15, 0.2) is 36.5 Å². The summed E-state index contributed by atoms with van der Waals surface area (Å²) in [6.45, 7) is 4.32. The van der Waals surface area contributed by atoms with Crippen molar-refractivity contribution in [3.8, 4) is 5.69 Å². The molecule has 174 valence electrons. The Balaban J connectivity index is 1.70. The Hall–Kier alpha value is -3.14. The van der Waals surface area contributed by atoms with Crippen molar-refractivity contribution in [2.45, 2.75) is 33.2 Å². The molecule has 2 aromatic carbocycles. The van der Waals surface area contributed by atoms with Gasteiger partial charge in [0.1, 0.15) is 17.2 Å². The smallest absolute Gasteiger partial charge is 0.259 e. The number of nitrogens with zero attached hydrogens (tertiary/aromatic N) is 3. The van der Waals surface area contributed by atoms with Gasteiger partial charge in [-0.3, -0.25) is 4.79 Å². The highest BCUT2D eigenvalue weighted by Crippen LogP contribution is 2.29. The fourth-order valence-electron chi connectivity index (χ4n) is 3.80. The minimum atomic E-state index is -1.31. The van der Waals surface area contributed by atoms with Crippen LogP contribution in [0.4, 0.5) is 15.9 Å². The van der Waals surface area contributed by atoms with E-state index in [2.05, 4.69) is 10.4 Å². The maximum absolute atomic E-state index is 14.9. The van der Waals surface area contributed by atoms with Crippen molar-refractivity contribution in [1.29, 1.82) is 0 Å². The first-order valence-electron chi connectivity index (χ1n) is 10.5. The Morgan fingerprint density at radius 2 is 2.12 bits per heavy atom. The molecule has 1 aliphatic rings. The van der Waals surface area contributed by atoms with E-state index in [1.54, 1.807) is 0 Å². The number of benzene rings is 2. The molecule has 4 rings (SSSR count). The van der Waals surface area contributed by atoms with E-state index < -0.39 is 18.1 Å². The summed E-state index contributed by atoms with van der Waals surface area (Å²) in [4.78, 5) is 15.0. The lowest BCUT2D eigenvalue weighted by atomic mass is 10.1. The number of fused-ring (bicyclic) bond motifs is 1.